The summed E-state index contributed by atoms with van der Waals surface area (Å²) in [6, 6.07) is 5.86. The van der Waals surface area contributed by atoms with Crippen molar-refractivity contribution in [3.63, 3.8) is 0 Å². The standard InChI is InChI=1S/C26H34N4O4/c1-17(2)34-26(32)29-14-18(3)30(25(31)20-4-5-20)23-7-6-21(12-24(23)29)22-13-27-28(16-22)15-19-8-10-33-11-9-19/h6-7,12-13,16-20H,4-5,8-11,14-15H2,1-3H3/t18-/m0/s1. The highest BCUT2D eigenvalue weighted by atomic mass is 16.6. The summed E-state index contributed by atoms with van der Waals surface area (Å²) >= 11 is 0. The Hall–Kier alpha value is -2.87. The SMILES string of the molecule is CC(C)OC(=O)N1C[C@H](C)N(C(=O)C2CC2)c2ccc(-c3cnn(CC4CCOCC4)c3)cc21. The lowest BCUT2D eigenvalue weighted by Gasteiger charge is -2.41. The van der Waals surface area contributed by atoms with Crippen molar-refractivity contribution >= 4 is 23.4 Å². The minimum atomic E-state index is -0.381. The van der Waals surface area contributed by atoms with E-state index in [1.54, 1.807) is 4.90 Å². The molecular weight excluding hydrogens is 432 g/mol. The lowest BCUT2D eigenvalue weighted by molar-refractivity contribution is -0.120. The highest BCUT2D eigenvalue weighted by Crippen LogP contribution is 2.42. The number of rotatable bonds is 5. The van der Waals surface area contributed by atoms with Crippen LogP contribution in [0.5, 0.6) is 0 Å². The molecular formula is C26H34N4O4. The molecule has 1 saturated heterocycles. The molecule has 2 fully saturated rings. The first-order chi connectivity index (χ1) is 16.4. The van der Waals surface area contributed by atoms with Crippen LogP contribution in [0.1, 0.15) is 46.5 Å². The van der Waals surface area contributed by atoms with E-state index >= 15 is 0 Å². The molecule has 0 N–H and O–H groups in total. The summed E-state index contributed by atoms with van der Waals surface area (Å²) in [5, 5.41) is 4.59. The Morgan fingerprint density at radius 3 is 2.59 bits per heavy atom. The van der Waals surface area contributed by atoms with Gasteiger partial charge in [-0.2, -0.15) is 5.10 Å². The normalized spacial score (nSPS) is 21.0. The molecule has 1 atom stereocenters. The van der Waals surface area contributed by atoms with E-state index in [-0.39, 0.29) is 30.1 Å². The van der Waals surface area contributed by atoms with Crippen molar-refractivity contribution in [2.75, 3.05) is 29.6 Å². The monoisotopic (exact) mass is 466 g/mol. The fraction of sp³-hybridized carbons (Fsp3) is 0.577. The fourth-order valence-corrected chi connectivity index (χ4v) is 4.91. The minimum absolute atomic E-state index is 0.104. The zero-order valence-electron chi connectivity index (χ0n) is 20.3. The van der Waals surface area contributed by atoms with E-state index in [0.29, 0.717) is 18.2 Å². The minimum Gasteiger partial charge on any atom is -0.446 e. The highest BCUT2D eigenvalue weighted by Gasteiger charge is 2.41. The molecule has 2 aliphatic heterocycles. The number of hydrogen-bond acceptors (Lipinski definition) is 5. The van der Waals surface area contributed by atoms with Crippen LogP contribution in [0.15, 0.2) is 30.6 Å². The summed E-state index contributed by atoms with van der Waals surface area (Å²) in [5.74, 6) is 0.838. The Labute approximate surface area is 200 Å². The van der Waals surface area contributed by atoms with Crippen molar-refractivity contribution in [2.24, 2.45) is 11.8 Å². The largest absolute Gasteiger partial charge is 0.446 e. The van der Waals surface area contributed by atoms with Crippen molar-refractivity contribution in [1.29, 1.82) is 0 Å². The van der Waals surface area contributed by atoms with Crippen LogP contribution < -0.4 is 9.80 Å². The number of fused-ring (bicyclic) bond motifs is 1. The number of amides is 2. The summed E-state index contributed by atoms with van der Waals surface area (Å²) < 4.78 is 13.0. The summed E-state index contributed by atoms with van der Waals surface area (Å²) in [6.45, 7) is 8.61. The number of hydrogen-bond donors (Lipinski definition) is 0. The van der Waals surface area contributed by atoms with Gasteiger partial charge in [0.1, 0.15) is 0 Å². The molecule has 1 saturated carbocycles. The van der Waals surface area contributed by atoms with E-state index in [9.17, 15) is 9.59 Å². The molecule has 2 amide bonds. The number of carbonyl (C=O) groups is 2. The van der Waals surface area contributed by atoms with Crippen LogP contribution in [0.3, 0.4) is 0 Å². The quantitative estimate of drug-likeness (QED) is 0.650. The predicted octanol–water partition coefficient (Wildman–Crippen LogP) is 4.47. The average molecular weight is 467 g/mol. The van der Waals surface area contributed by atoms with Crippen molar-refractivity contribution in [3.05, 3.63) is 30.6 Å². The Bertz CT molecular complexity index is 1050. The van der Waals surface area contributed by atoms with Gasteiger partial charge in [0, 0.05) is 44.0 Å². The molecule has 0 spiro atoms. The topological polar surface area (TPSA) is 76.9 Å². The molecule has 0 unspecified atom stereocenters. The van der Waals surface area contributed by atoms with Crippen LogP contribution >= 0.6 is 0 Å². The summed E-state index contributed by atoms with van der Waals surface area (Å²) in [5.41, 5.74) is 3.44. The zero-order valence-corrected chi connectivity index (χ0v) is 20.3. The number of aromatic nitrogens is 2. The third-order valence-electron chi connectivity index (χ3n) is 6.89. The van der Waals surface area contributed by atoms with Crippen LogP contribution in [0, 0.1) is 11.8 Å². The molecule has 2 aromatic rings. The van der Waals surface area contributed by atoms with Crippen LogP contribution in [0.25, 0.3) is 11.1 Å². The van der Waals surface area contributed by atoms with Crippen LogP contribution in [0.2, 0.25) is 0 Å². The van der Waals surface area contributed by atoms with Crippen LogP contribution in [-0.2, 0) is 20.8 Å². The molecule has 5 rings (SSSR count). The molecule has 1 aromatic heterocycles. The molecule has 8 nitrogen and oxygen atoms in total. The third-order valence-corrected chi connectivity index (χ3v) is 6.89. The maximum Gasteiger partial charge on any atom is 0.414 e. The molecule has 34 heavy (non-hydrogen) atoms. The van der Waals surface area contributed by atoms with Crippen molar-refractivity contribution in [2.45, 2.75) is 65.1 Å². The molecule has 182 valence electrons. The van der Waals surface area contributed by atoms with Gasteiger partial charge in [0.2, 0.25) is 5.91 Å². The number of ether oxygens (including phenoxy) is 2. The predicted molar refractivity (Wildman–Crippen MR) is 130 cm³/mol. The number of nitrogens with zero attached hydrogens (tertiary/aromatic N) is 4. The van der Waals surface area contributed by atoms with Crippen molar-refractivity contribution < 1.29 is 19.1 Å². The van der Waals surface area contributed by atoms with Gasteiger partial charge in [0.15, 0.2) is 0 Å². The third kappa shape index (κ3) is 4.69. The first-order valence-electron chi connectivity index (χ1n) is 12.5. The highest BCUT2D eigenvalue weighted by molar-refractivity contribution is 6.05. The zero-order chi connectivity index (χ0) is 23.8. The molecule has 0 radical (unpaired) electrons. The van der Waals surface area contributed by atoms with E-state index in [1.807, 2.05) is 54.7 Å². The Morgan fingerprint density at radius 1 is 1.12 bits per heavy atom. The Balaban J connectivity index is 1.45. The Kier molecular flexibility index (Phi) is 6.34. The van der Waals surface area contributed by atoms with Crippen LogP contribution in [-0.4, -0.2) is 53.7 Å². The second-order valence-corrected chi connectivity index (χ2v) is 10.1. The van der Waals surface area contributed by atoms with E-state index in [4.69, 9.17) is 9.47 Å². The smallest absolute Gasteiger partial charge is 0.414 e. The van der Waals surface area contributed by atoms with E-state index in [0.717, 1.165) is 62.3 Å². The first-order valence-corrected chi connectivity index (χ1v) is 12.5. The molecule has 0 bridgehead atoms. The first kappa shape index (κ1) is 22.9. The van der Waals surface area contributed by atoms with Crippen LogP contribution in [0.4, 0.5) is 16.2 Å². The van der Waals surface area contributed by atoms with E-state index < -0.39 is 0 Å². The fourth-order valence-electron chi connectivity index (χ4n) is 4.91. The van der Waals surface area contributed by atoms with E-state index in [2.05, 4.69) is 11.3 Å². The number of anilines is 2. The lowest BCUT2D eigenvalue weighted by atomic mass is 10.0. The molecule has 3 aliphatic rings. The van der Waals surface area contributed by atoms with E-state index in [1.165, 1.54) is 0 Å². The van der Waals surface area contributed by atoms with Gasteiger partial charge in [-0.25, -0.2) is 4.79 Å². The van der Waals surface area contributed by atoms with Gasteiger partial charge < -0.3 is 14.4 Å². The maximum atomic E-state index is 13.1. The molecule has 8 heteroatoms. The van der Waals surface area contributed by atoms with Gasteiger partial charge in [-0.05, 0) is 70.1 Å². The second kappa shape index (κ2) is 9.41. The summed E-state index contributed by atoms with van der Waals surface area (Å²) in [4.78, 5) is 29.6. The van der Waals surface area contributed by atoms with Gasteiger partial charge in [-0.1, -0.05) is 6.07 Å². The average Bonchev–Trinajstić information content (AvgIpc) is 3.57. The summed E-state index contributed by atoms with van der Waals surface area (Å²) in [6.07, 6.45) is 7.34. The molecule has 3 heterocycles. The van der Waals surface area contributed by atoms with Gasteiger partial charge in [-0.3, -0.25) is 14.4 Å². The van der Waals surface area contributed by atoms with Gasteiger partial charge in [0.25, 0.3) is 0 Å². The molecule has 1 aliphatic carbocycles. The Morgan fingerprint density at radius 2 is 1.88 bits per heavy atom. The van der Waals surface area contributed by atoms with Crippen molar-refractivity contribution in [1.82, 2.24) is 9.78 Å². The second-order valence-electron chi connectivity index (χ2n) is 10.1. The number of carbonyl (C=O) groups excluding carboxylic acids is 2. The van der Waals surface area contributed by atoms with Crippen molar-refractivity contribution in [3.8, 4) is 11.1 Å². The lowest BCUT2D eigenvalue weighted by Crippen LogP contribution is -2.52. The maximum absolute atomic E-state index is 13.1. The molecule has 1 aromatic carbocycles. The van der Waals surface area contributed by atoms with Gasteiger partial charge in [0.05, 0.1) is 29.7 Å². The number of benzene rings is 1. The van der Waals surface area contributed by atoms with Gasteiger partial charge >= 0.3 is 6.09 Å². The van der Waals surface area contributed by atoms with Gasteiger partial charge in [-0.15, -0.1) is 0 Å². The summed E-state index contributed by atoms with van der Waals surface area (Å²) in [7, 11) is 0.